The predicted molar refractivity (Wildman–Crippen MR) is 90.8 cm³/mol. The molecule has 0 heterocycles. The molecule has 0 spiro atoms. The highest BCUT2D eigenvalue weighted by atomic mass is 35.5. The number of halogens is 1. The number of hydrogen-bond donors (Lipinski definition) is 1. The molecule has 2 N–H and O–H groups in total. The Hall–Kier alpha value is -2.44. The number of methoxy groups -OCH3 is 3. The summed E-state index contributed by atoms with van der Waals surface area (Å²) in [6.45, 7) is 0. The van der Waals surface area contributed by atoms with E-state index in [1.165, 1.54) is 21.3 Å². The van der Waals surface area contributed by atoms with Crippen molar-refractivity contribution in [2.75, 3.05) is 26.3 Å². The summed E-state index contributed by atoms with van der Waals surface area (Å²) in [5, 5.41) is 1.07. The minimum Gasteiger partial charge on any atom is -0.493 e. The van der Waals surface area contributed by atoms with Gasteiger partial charge in [0, 0.05) is 5.56 Å². The predicted octanol–water partition coefficient (Wildman–Crippen LogP) is 2.65. The van der Waals surface area contributed by atoms with Crippen LogP contribution in [0.4, 0.5) is 5.69 Å². The van der Waals surface area contributed by atoms with Crippen LogP contribution in [0.5, 0.6) is 17.2 Å². The molecule has 23 heavy (non-hydrogen) atoms. The molecule has 0 aliphatic carbocycles. The normalized spacial score (nSPS) is 9.57. The van der Waals surface area contributed by atoms with E-state index in [2.05, 4.69) is 0 Å². The molecule has 2 aromatic rings. The third kappa shape index (κ3) is 3.85. The first-order valence-electron chi connectivity index (χ1n) is 6.56. The Kier molecular flexibility index (Phi) is 6.68. The molecule has 0 aliphatic rings. The molecule has 7 heteroatoms. The number of nitrogens with zero attached hydrogens (tertiary/aromatic N) is 1. The molecule has 124 valence electrons. The van der Waals surface area contributed by atoms with Crippen molar-refractivity contribution < 1.29 is 19.0 Å². The SMILES string of the molecule is COc1cc(C(=O)N(N)c2ccccc2)cc(OC)c1OC.Cl. The number of nitrogens with two attached hydrogens (primary N) is 1. The van der Waals surface area contributed by atoms with Gasteiger partial charge in [0.15, 0.2) is 11.5 Å². The maximum atomic E-state index is 12.5. The van der Waals surface area contributed by atoms with Crippen molar-refractivity contribution >= 4 is 24.0 Å². The summed E-state index contributed by atoms with van der Waals surface area (Å²) in [4.78, 5) is 12.5. The fourth-order valence-corrected chi connectivity index (χ4v) is 2.05. The lowest BCUT2D eigenvalue weighted by molar-refractivity contribution is 0.0986. The zero-order valence-electron chi connectivity index (χ0n) is 13.1. The summed E-state index contributed by atoms with van der Waals surface area (Å²) in [6.07, 6.45) is 0. The second-order valence-electron chi connectivity index (χ2n) is 4.42. The fraction of sp³-hybridized carbons (Fsp3) is 0.188. The van der Waals surface area contributed by atoms with Crippen LogP contribution >= 0.6 is 12.4 Å². The zero-order valence-corrected chi connectivity index (χ0v) is 13.9. The molecule has 2 rings (SSSR count). The van der Waals surface area contributed by atoms with Gasteiger partial charge in [-0.2, -0.15) is 0 Å². The molecule has 0 atom stereocenters. The van der Waals surface area contributed by atoms with Crippen molar-refractivity contribution in [2.24, 2.45) is 5.84 Å². The van der Waals surface area contributed by atoms with E-state index in [1.54, 1.807) is 36.4 Å². The first-order valence-corrected chi connectivity index (χ1v) is 6.56. The highest BCUT2D eigenvalue weighted by molar-refractivity contribution is 6.06. The number of hydrazine groups is 1. The van der Waals surface area contributed by atoms with Gasteiger partial charge in [0.25, 0.3) is 5.91 Å². The number of anilines is 1. The van der Waals surface area contributed by atoms with E-state index in [0.717, 1.165) is 5.01 Å². The van der Waals surface area contributed by atoms with Crippen LogP contribution < -0.4 is 25.1 Å². The Morgan fingerprint density at radius 2 is 1.48 bits per heavy atom. The Morgan fingerprint density at radius 3 is 1.91 bits per heavy atom. The van der Waals surface area contributed by atoms with Crippen LogP contribution in [0.1, 0.15) is 10.4 Å². The second kappa shape index (κ2) is 8.26. The van der Waals surface area contributed by atoms with Gasteiger partial charge in [0.05, 0.1) is 27.0 Å². The van der Waals surface area contributed by atoms with Crippen LogP contribution in [0.15, 0.2) is 42.5 Å². The largest absolute Gasteiger partial charge is 0.493 e. The van der Waals surface area contributed by atoms with Crippen molar-refractivity contribution in [3.8, 4) is 17.2 Å². The van der Waals surface area contributed by atoms with E-state index < -0.39 is 0 Å². The van der Waals surface area contributed by atoms with Crippen LogP contribution in [0.3, 0.4) is 0 Å². The van der Waals surface area contributed by atoms with E-state index in [0.29, 0.717) is 28.5 Å². The van der Waals surface area contributed by atoms with Crippen LogP contribution in [-0.2, 0) is 0 Å². The number of benzene rings is 2. The lowest BCUT2D eigenvalue weighted by Gasteiger charge is -2.18. The Bertz CT molecular complexity index is 639. The summed E-state index contributed by atoms with van der Waals surface area (Å²) in [7, 11) is 4.48. The molecule has 0 aromatic heterocycles. The van der Waals surface area contributed by atoms with Gasteiger partial charge in [0.1, 0.15) is 0 Å². The average Bonchev–Trinajstić information content (AvgIpc) is 2.59. The third-order valence-electron chi connectivity index (χ3n) is 3.16. The van der Waals surface area contributed by atoms with Crippen molar-refractivity contribution in [2.45, 2.75) is 0 Å². The molecular weight excluding hydrogens is 320 g/mol. The quantitative estimate of drug-likeness (QED) is 0.515. The Labute approximate surface area is 141 Å². The Balaban J connectivity index is 0.00000264. The number of rotatable bonds is 5. The lowest BCUT2D eigenvalue weighted by Crippen LogP contribution is -2.37. The molecule has 0 aliphatic heterocycles. The highest BCUT2D eigenvalue weighted by Crippen LogP contribution is 2.38. The third-order valence-corrected chi connectivity index (χ3v) is 3.16. The summed E-state index contributed by atoms with van der Waals surface area (Å²) < 4.78 is 15.7. The van der Waals surface area contributed by atoms with Gasteiger partial charge in [0.2, 0.25) is 5.75 Å². The minimum atomic E-state index is -0.384. The van der Waals surface area contributed by atoms with Crippen LogP contribution in [0, 0.1) is 0 Å². The minimum absolute atomic E-state index is 0. The highest BCUT2D eigenvalue weighted by Gasteiger charge is 2.20. The van der Waals surface area contributed by atoms with Crippen LogP contribution in [0.2, 0.25) is 0 Å². The van der Waals surface area contributed by atoms with Crippen LogP contribution in [-0.4, -0.2) is 27.2 Å². The van der Waals surface area contributed by atoms with E-state index in [1.807, 2.05) is 6.07 Å². The van der Waals surface area contributed by atoms with Crippen molar-refractivity contribution in [3.63, 3.8) is 0 Å². The molecule has 0 fully saturated rings. The zero-order chi connectivity index (χ0) is 16.1. The van der Waals surface area contributed by atoms with Gasteiger partial charge in [-0.1, -0.05) is 18.2 Å². The number of carbonyl (C=O) groups excluding carboxylic acids is 1. The first-order chi connectivity index (χ1) is 10.6. The fourth-order valence-electron chi connectivity index (χ4n) is 2.05. The topological polar surface area (TPSA) is 74.0 Å². The number of carbonyl (C=O) groups is 1. The molecule has 0 saturated heterocycles. The van der Waals surface area contributed by atoms with Crippen molar-refractivity contribution in [1.29, 1.82) is 0 Å². The van der Waals surface area contributed by atoms with Gasteiger partial charge in [-0.3, -0.25) is 4.79 Å². The molecule has 0 unspecified atom stereocenters. The Morgan fingerprint density at radius 1 is 0.957 bits per heavy atom. The van der Waals surface area contributed by atoms with Gasteiger partial charge < -0.3 is 14.2 Å². The average molecular weight is 339 g/mol. The van der Waals surface area contributed by atoms with Crippen LogP contribution in [0.25, 0.3) is 0 Å². The van der Waals surface area contributed by atoms with E-state index >= 15 is 0 Å². The first kappa shape index (κ1) is 18.6. The smallest absolute Gasteiger partial charge is 0.272 e. The lowest BCUT2D eigenvalue weighted by atomic mass is 10.1. The molecule has 1 amide bonds. The van der Waals surface area contributed by atoms with Gasteiger partial charge in [-0.05, 0) is 24.3 Å². The van der Waals surface area contributed by atoms with E-state index in [4.69, 9.17) is 20.1 Å². The van der Waals surface area contributed by atoms with Gasteiger partial charge >= 0.3 is 0 Å². The van der Waals surface area contributed by atoms with Crippen molar-refractivity contribution in [1.82, 2.24) is 0 Å². The molecule has 2 aromatic carbocycles. The van der Waals surface area contributed by atoms with E-state index in [-0.39, 0.29) is 18.3 Å². The molecule has 0 radical (unpaired) electrons. The summed E-state index contributed by atoms with van der Waals surface area (Å²) >= 11 is 0. The maximum absolute atomic E-state index is 12.5. The number of para-hydroxylation sites is 1. The van der Waals surface area contributed by atoms with Crippen molar-refractivity contribution in [3.05, 3.63) is 48.0 Å². The standard InChI is InChI=1S/C16H18N2O4.ClH/c1-20-13-9-11(10-14(21-2)15(13)22-3)16(19)18(17)12-7-5-4-6-8-12;/h4-10H,17H2,1-3H3;1H. The molecular formula is C16H19ClN2O4. The second-order valence-corrected chi connectivity index (χ2v) is 4.42. The summed E-state index contributed by atoms with van der Waals surface area (Å²) in [6, 6.07) is 12.1. The van der Waals surface area contributed by atoms with Gasteiger partial charge in [-0.25, -0.2) is 10.9 Å². The molecule has 0 bridgehead atoms. The molecule has 0 saturated carbocycles. The maximum Gasteiger partial charge on any atom is 0.272 e. The number of hydrogen-bond acceptors (Lipinski definition) is 5. The summed E-state index contributed by atoms with van der Waals surface area (Å²) in [5.74, 6) is 6.72. The van der Waals surface area contributed by atoms with E-state index in [9.17, 15) is 4.79 Å². The van der Waals surface area contributed by atoms with Gasteiger partial charge in [-0.15, -0.1) is 12.4 Å². The monoisotopic (exact) mass is 338 g/mol. The number of ether oxygens (including phenoxy) is 3. The molecule has 6 nitrogen and oxygen atoms in total. The summed E-state index contributed by atoms with van der Waals surface area (Å²) in [5.41, 5.74) is 0.919. The number of amides is 1.